The molecule has 0 radical (unpaired) electrons. The largest absolute Gasteiger partial charge is 0.493 e. The van der Waals surface area contributed by atoms with Crippen LogP contribution in [0.15, 0.2) is 18.2 Å². The van der Waals surface area contributed by atoms with E-state index in [4.69, 9.17) is 19.3 Å². The first-order chi connectivity index (χ1) is 9.83. The maximum absolute atomic E-state index is 8.77. The van der Waals surface area contributed by atoms with E-state index in [2.05, 4.69) is 5.32 Å². The second-order valence-corrected chi connectivity index (χ2v) is 4.25. The Kier molecular flexibility index (Phi) is 8.78. The Hall–Kier alpha value is -1.30. The Morgan fingerprint density at radius 3 is 2.80 bits per heavy atom. The van der Waals surface area contributed by atoms with Crippen LogP contribution in [-0.2, 0) is 11.3 Å². The summed E-state index contributed by atoms with van der Waals surface area (Å²) in [6.07, 6.45) is 0.741. The first kappa shape index (κ1) is 16.8. The van der Waals surface area contributed by atoms with Crippen LogP contribution < -0.4 is 14.8 Å². The number of ether oxygens (including phenoxy) is 3. The van der Waals surface area contributed by atoms with E-state index >= 15 is 0 Å². The third-order valence-corrected chi connectivity index (χ3v) is 2.79. The molecule has 5 heteroatoms. The Morgan fingerprint density at radius 2 is 2.10 bits per heavy atom. The highest BCUT2D eigenvalue weighted by Gasteiger charge is 2.10. The fourth-order valence-electron chi connectivity index (χ4n) is 1.80. The zero-order valence-corrected chi connectivity index (χ0v) is 12.4. The molecule has 0 saturated carbocycles. The predicted molar refractivity (Wildman–Crippen MR) is 78.4 cm³/mol. The zero-order valence-electron chi connectivity index (χ0n) is 12.4. The molecular formula is C15H25NO4. The van der Waals surface area contributed by atoms with E-state index in [1.165, 1.54) is 0 Å². The van der Waals surface area contributed by atoms with Crippen molar-refractivity contribution in [2.45, 2.75) is 19.9 Å². The molecule has 0 atom stereocenters. The van der Waals surface area contributed by atoms with Gasteiger partial charge in [-0.25, -0.2) is 0 Å². The van der Waals surface area contributed by atoms with Crippen LogP contribution in [0.3, 0.4) is 0 Å². The molecule has 1 aromatic rings. The summed E-state index contributed by atoms with van der Waals surface area (Å²) in [7, 11) is 1.63. The SMILES string of the molecule is CCOCCOc1c(CNCCCO)cccc1OC. The second kappa shape index (κ2) is 10.5. The molecule has 0 aliphatic carbocycles. The highest BCUT2D eigenvalue weighted by Crippen LogP contribution is 2.30. The summed E-state index contributed by atoms with van der Waals surface area (Å²) in [6, 6.07) is 5.83. The van der Waals surface area contributed by atoms with Crippen molar-refractivity contribution in [3.63, 3.8) is 0 Å². The number of aliphatic hydroxyl groups is 1. The molecule has 5 nitrogen and oxygen atoms in total. The number of hydrogen-bond acceptors (Lipinski definition) is 5. The van der Waals surface area contributed by atoms with Crippen molar-refractivity contribution in [2.75, 3.05) is 40.1 Å². The van der Waals surface area contributed by atoms with Gasteiger partial charge in [0, 0.05) is 25.3 Å². The van der Waals surface area contributed by atoms with Gasteiger partial charge in [0.2, 0.25) is 0 Å². The van der Waals surface area contributed by atoms with E-state index in [0.717, 1.165) is 30.0 Å². The molecule has 0 unspecified atom stereocenters. The minimum absolute atomic E-state index is 0.197. The molecule has 20 heavy (non-hydrogen) atoms. The smallest absolute Gasteiger partial charge is 0.165 e. The van der Waals surface area contributed by atoms with E-state index < -0.39 is 0 Å². The Balaban J connectivity index is 2.61. The van der Waals surface area contributed by atoms with Crippen molar-refractivity contribution in [1.82, 2.24) is 5.32 Å². The topological polar surface area (TPSA) is 60.0 Å². The summed E-state index contributed by atoms with van der Waals surface area (Å²) < 4.78 is 16.4. The molecule has 0 saturated heterocycles. The lowest BCUT2D eigenvalue weighted by molar-refractivity contribution is 0.108. The van der Waals surface area contributed by atoms with Crippen LogP contribution in [0.2, 0.25) is 0 Å². The third kappa shape index (κ3) is 5.77. The summed E-state index contributed by atoms with van der Waals surface area (Å²) >= 11 is 0. The number of hydrogen-bond donors (Lipinski definition) is 2. The van der Waals surface area contributed by atoms with Crippen LogP contribution in [-0.4, -0.2) is 45.2 Å². The van der Waals surface area contributed by atoms with Gasteiger partial charge in [0.1, 0.15) is 6.61 Å². The van der Waals surface area contributed by atoms with Gasteiger partial charge in [0.05, 0.1) is 13.7 Å². The lowest BCUT2D eigenvalue weighted by Crippen LogP contribution is -2.17. The maximum Gasteiger partial charge on any atom is 0.165 e. The average molecular weight is 283 g/mol. The van der Waals surface area contributed by atoms with E-state index in [1.807, 2.05) is 25.1 Å². The molecule has 0 fully saturated rings. The molecule has 0 aliphatic heterocycles. The summed E-state index contributed by atoms with van der Waals surface area (Å²) in [5.41, 5.74) is 1.04. The minimum atomic E-state index is 0.197. The van der Waals surface area contributed by atoms with Crippen molar-refractivity contribution in [2.24, 2.45) is 0 Å². The molecular weight excluding hydrogens is 258 g/mol. The minimum Gasteiger partial charge on any atom is -0.493 e. The van der Waals surface area contributed by atoms with Crippen LogP contribution in [0.1, 0.15) is 18.9 Å². The van der Waals surface area contributed by atoms with Crippen molar-refractivity contribution in [1.29, 1.82) is 0 Å². The molecule has 0 aromatic heterocycles. The van der Waals surface area contributed by atoms with Crippen molar-refractivity contribution >= 4 is 0 Å². The number of methoxy groups -OCH3 is 1. The van der Waals surface area contributed by atoms with E-state index in [0.29, 0.717) is 26.4 Å². The average Bonchev–Trinajstić information content (AvgIpc) is 2.48. The Labute approximate surface area is 120 Å². The van der Waals surface area contributed by atoms with Gasteiger partial charge in [-0.15, -0.1) is 0 Å². The lowest BCUT2D eigenvalue weighted by Gasteiger charge is -2.15. The van der Waals surface area contributed by atoms with E-state index in [-0.39, 0.29) is 6.61 Å². The number of aliphatic hydroxyl groups excluding tert-OH is 1. The van der Waals surface area contributed by atoms with Gasteiger partial charge in [-0.2, -0.15) is 0 Å². The molecule has 114 valence electrons. The van der Waals surface area contributed by atoms with Crippen molar-refractivity contribution < 1.29 is 19.3 Å². The van der Waals surface area contributed by atoms with E-state index in [1.54, 1.807) is 7.11 Å². The quantitative estimate of drug-likeness (QED) is 0.604. The Bertz CT molecular complexity index is 371. The van der Waals surface area contributed by atoms with Crippen LogP contribution in [0.5, 0.6) is 11.5 Å². The molecule has 2 N–H and O–H groups in total. The van der Waals surface area contributed by atoms with E-state index in [9.17, 15) is 0 Å². The van der Waals surface area contributed by atoms with Gasteiger partial charge in [0.25, 0.3) is 0 Å². The summed E-state index contributed by atoms with van der Waals surface area (Å²) in [5, 5.41) is 12.0. The highest BCUT2D eigenvalue weighted by atomic mass is 16.5. The highest BCUT2D eigenvalue weighted by molar-refractivity contribution is 5.46. The molecule has 0 amide bonds. The number of rotatable bonds is 11. The standard InChI is InChI=1S/C15H25NO4/c1-3-19-10-11-20-15-13(12-16-8-5-9-17)6-4-7-14(15)18-2/h4,6-7,16-17H,3,5,8-12H2,1-2H3. The van der Waals surface area contributed by atoms with Gasteiger partial charge in [-0.3, -0.25) is 0 Å². The molecule has 0 heterocycles. The Morgan fingerprint density at radius 1 is 1.25 bits per heavy atom. The van der Waals surface area contributed by atoms with Crippen LogP contribution in [0, 0.1) is 0 Å². The molecule has 1 rings (SSSR count). The maximum atomic E-state index is 8.77. The summed E-state index contributed by atoms with van der Waals surface area (Å²) in [6.45, 7) is 5.35. The third-order valence-electron chi connectivity index (χ3n) is 2.79. The van der Waals surface area contributed by atoms with Gasteiger partial charge >= 0.3 is 0 Å². The molecule has 1 aromatic carbocycles. The lowest BCUT2D eigenvalue weighted by atomic mass is 10.2. The number of nitrogens with one attached hydrogen (secondary N) is 1. The second-order valence-electron chi connectivity index (χ2n) is 4.25. The van der Waals surface area contributed by atoms with Crippen molar-refractivity contribution in [3.8, 4) is 11.5 Å². The molecule has 0 bridgehead atoms. The first-order valence-corrected chi connectivity index (χ1v) is 7.01. The monoisotopic (exact) mass is 283 g/mol. The number of benzene rings is 1. The van der Waals surface area contributed by atoms with Crippen molar-refractivity contribution in [3.05, 3.63) is 23.8 Å². The van der Waals surface area contributed by atoms with Gasteiger partial charge in [-0.05, 0) is 26.0 Å². The van der Waals surface area contributed by atoms with Gasteiger partial charge < -0.3 is 24.6 Å². The summed E-state index contributed by atoms with van der Waals surface area (Å²) in [4.78, 5) is 0. The normalized spacial score (nSPS) is 10.6. The zero-order chi connectivity index (χ0) is 14.6. The van der Waals surface area contributed by atoms with Gasteiger partial charge in [0.15, 0.2) is 11.5 Å². The summed E-state index contributed by atoms with van der Waals surface area (Å²) in [5.74, 6) is 1.48. The van der Waals surface area contributed by atoms with Crippen LogP contribution in [0.25, 0.3) is 0 Å². The fraction of sp³-hybridized carbons (Fsp3) is 0.600. The molecule has 0 spiro atoms. The first-order valence-electron chi connectivity index (χ1n) is 7.01. The molecule has 0 aliphatic rings. The fourth-order valence-corrected chi connectivity index (χ4v) is 1.80. The predicted octanol–water partition coefficient (Wildman–Crippen LogP) is 1.58. The van der Waals surface area contributed by atoms with Crippen LogP contribution >= 0.6 is 0 Å². The number of para-hydroxylation sites is 1. The van der Waals surface area contributed by atoms with Gasteiger partial charge in [-0.1, -0.05) is 12.1 Å². The van der Waals surface area contributed by atoms with Crippen LogP contribution in [0.4, 0.5) is 0 Å².